The lowest BCUT2D eigenvalue weighted by molar-refractivity contribution is 0.0900. The number of fused-ring (bicyclic) bond motifs is 1. The van der Waals surface area contributed by atoms with Crippen molar-refractivity contribution in [2.24, 2.45) is 10.9 Å². The Hall–Kier alpha value is -1.64. The molecule has 0 unspecified atom stereocenters. The second kappa shape index (κ2) is 7.50. The molecule has 0 spiro atoms. The van der Waals surface area contributed by atoms with Crippen LogP contribution in [0.1, 0.15) is 50.0 Å². The number of nitrogens with one attached hydrogen (secondary N) is 2. The number of hydrogen-bond acceptors (Lipinski definition) is 6. The summed E-state index contributed by atoms with van der Waals surface area (Å²) < 4.78 is 1.49. The van der Waals surface area contributed by atoms with Crippen LogP contribution in [-0.2, 0) is 5.66 Å². The van der Waals surface area contributed by atoms with Gasteiger partial charge < -0.3 is 16.4 Å². The first-order chi connectivity index (χ1) is 11.4. The van der Waals surface area contributed by atoms with Crippen molar-refractivity contribution < 1.29 is 4.79 Å². The number of amides is 1. The molecule has 0 bridgehead atoms. The number of anilines is 1. The Morgan fingerprint density at radius 1 is 1.42 bits per heavy atom. The molecule has 1 aliphatic rings. The van der Waals surface area contributed by atoms with Crippen molar-refractivity contribution in [2.45, 2.75) is 45.2 Å². The van der Waals surface area contributed by atoms with Crippen molar-refractivity contribution in [2.75, 3.05) is 5.32 Å². The third-order valence-electron chi connectivity index (χ3n) is 4.01. The Kier molecular flexibility index (Phi) is 5.84. The van der Waals surface area contributed by atoms with Crippen molar-refractivity contribution in [1.82, 2.24) is 9.88 Å². The molecule has 0 saturated carbocycles. The van der Waals surface area contributed by atoms with Gasteiger partial charge in [0.05, 0.1) is 5.02 Å². The van der Waals surface area contributed by atoms with Crippen LogP contribution < -0.4 is 27.1 Å². The molecule has 0 radical (unpaired) electrons. The van der Waals surface area contributed by atoms with E-state index in [0.717, 1.165) is 24.8 Å². The van der Waals surface area contributed by atoms with Gasteiger partial charge in [0.2, 0.25) is 0 Å². The molecule has 9 heteroatoms. The maximum absolute atomic E-state index is 13.0. The fraction of sp³-hybridized carbons (Fsp3) is 0.467. The molecule has 0 atom stereocenters. The highest BCUT2D eigenvalue weighted by Crippen LogP contribution is 2.34. The molecule has 0 aliphatic carbocycles. The fourth-order valence-corrected chi connectivity index (χ4v) is 3.69. The molecule has 0 aromatic carbocycles. The predicted molar refractivity (Wildman–Crippen MR) is 98.6 cm³/mol. The number of carbonyl (C=O) groups excluding carboxylic acids is 1. The van der Waals surface area contributed by atoms with Gasteiger partial charge in [0.25, 0.3) is 11.5 Å². The zero-order valence-electron chi connectivity index (χ0n) is 13.7. The SMILES string of the molecule is CCCC1(CCC)NC(=O)c2c(Cl)cc(N/C(=C/N)SN)c(=O)n21. The average Bonchev–Trinajstić information content (AvgIpc) is 2.83. The summed E-state index contributed by atoms with van der Waals surface area (Å²) in [7, 11) is 0. The van der Waals surface area contributed by atoms with Crippen LogP contribution in [0.15, 0.2) is 22.1 Å². The van der Waals surface area contributed by atoms with E-state index in [2.05, 4.69) is 10.6 Å². The minimum atomic E-state index is -0.753. The van der Waals surface area contributed by atoms with Gasteiger partial charge in [-0.05, 0) is 30.9 Å². The smallest absolute Gasteiger partial charge is 0.276 e. The minimum absolute atomic E-state index is 0.202. The van der Waals surface area contributed by atoms with Crippen molar-refractivity contribution in [3.8, 4) is 0 Å². The van der Waals surface area contributed by atoms with Gasteiger partial charge in [-0.25, -0.2) is 0 Å². The molecule has 24 heavy (non-hydrogen) atoms. The third-order valence-corrected chi connectivity index (χ3v) is 4.79. The summed E-state index contributed by atoms with van der Waals surface area (Å²) in [6.45, 7) is 4.02. The van der Waals surface area contributed by atoms with Crippen LogP contribution in [0.3, 0.4) is 0 Å². The number of hydrogen-bond donors (Lipinski definition) is 4. The number of nitrogens with zero attached hydrogens (tertiary/aromatic N) is 1. The van der Waals surface area contributed by atoms with Crippen LogP contribution in [0.2, 0.25) is 5.02 Å². The monoisotopic (exact) mass is 371 g/mol. The highest BCUT2D eigenvalue weighted by molar-refractivity contribution is 8.01. The summed E-state index contributed by atoms with van der Waals surface area (Å²) in [5.74, 6) is -0.326. The van der Waals surface area contributed by atoms with E-state index in [9.17, 15) is 9.59 Å². The highest BCUT2D eigenvalue weighted by Gasteiger charge is 2.43. The zero-order chi connectivity index (χ0) is 17.9. The molecule has 2 heterocycles. The Labute approximate surface area is 149 Å². The van der Waals surface area contributed by atoms with Crippen molar-refractivity contribution in [3.05, 3.63) is 38.4 Å². The molecule has 1 aromatic heterocycles. The van der Waals surface area contributed by atoms with E-state index in [0.29, 0.717) is 17.9 Å². The number of rotatable bonds is 7. The lowest BCUT2D eigenvalue weighted by atomic mass is 9.98. The summed E-state index contributed by atoms with van der Waals surface area (Å²) in [5.41, 5.74) is 4.82. The van der Waals surface area contributed by atoms with E-state index in [4.69, 9.17) is 22.5 Å². The normalized spacial score (nSPS) is 16.0. The van der Waals surface area contributed by atoms with Crippen LogP contribution in [0.4, 0.5) is 5.69 Å². The fourth-order valence-electron chi connectivity index (χ4n) is 3.16. The van der Waals surface area contributed by atoms with E-state index < -0.39 is 5.66 Å². The molecule has 1 aromatic rings. The molecule has 0 saturated heterocycles. The first kappa shape index (κ1) is 18.7. The summed E-state index contributed by atoms with van der Waals surface area (Å²) in [6, 6.07) is 1.43. The van der Waals surface area contributed by atoms with E-state index in [-0.39, 0.29) is 27.9 Å². The average molecular weight is 372 g/mol. The van der Waals surface area contributed by atoms with Crippen molar-refractivity contribution in [3.63, 3.8) is 0 Å². The standard InChI is InChI=1S/C15H22ClN5O2S/c1-3-5-15(6-4-2)20-13(22)12-9(16)7-10(14(23)21(12)15)19-11(8-17)24-18/h7-8,19H,3-6,17-18H2,1-2H3,(H,20,22)/b11-8-. The molecular formula is C15H22ClN5O2S. The maximum Gasteiger partial charge on any atom is 0.276 e. The third kappa shape index (κ3) is 3.13. The van der Waals surface area contributed by atoms with Crippen LogP contribution >= 0.6 is 23.5 Å². The van der Waals surface area contributed by atoms with Gasteiger partial charge in [0, 0.05) is 6.20 Å². The quantitative estimate of drug-likeness (QED) is 0.546. The van der Waals surface area contributed by atoms with Crippen LogP contribution in [0.25, 0.3) is 0 Å². The molecular weight excluding hydrogens is 350 g/mol. The number of carbonyl (C=O) groups is 1. The predicted octanol–water partition coefficient (Wildman–Crippen LogP) is 2.27. The largest absolute Gasteiger partial charge is 0.402 e. The molecule has 6 N–H and O–H groups in total. The van der Waals surface area contributed by atoms with E-state index in [1.54, 1.807) is 0 Å². The number of nitrogens with two attached hydrogens (primary N) is 2. The summed E-state index contributed by atoms with van der Waals surface area (Å²) in [5, 5.41) is 12.0. The summed E-state index contributed by atoms with van der Waals surface area (Å²) >= 11 is 7.17. The molecule has 2 rings (SSSR count). The van der Waals surface area contributed by atoms with Gasteiger partial charge in [0.15, 0.2) is 0 Å². The van der Waals surface area contributed by atoms with E-state index >= 15 is 0 Å². The number of aromatic nitrogens is 1. The van der Waals surface area contributed by atoms with Crippen molar-refractivity contribution >= 4 is 35.1 Å². The minimum Gasteiger partial charge on any atom is -0.402 e. The molecule has 1 aliphatic heterocycles. The number of halogens is 1. The molecule has 0 fully saturated rings. The lowest BCUT2D eigenvalue weighted by Gasteiger charge is -2.31. The van der Waals surface area contributed by atoms with Gasteiger partial charge in [0.1, 0.15) is 22.1 Å². The molecule has 1 amide bonds. The van der Waals surface area contributed by atoms with Crippen LogP contribution in [-0.4, -0.2) is 10.5 Å². The second-order valence-electron chi connectivity index (χ2n) is 5.65. The Morgan fingerprint density at radius 2 is 2.04 bits per heavy atom. The van der Waals surface area contributed by atoms with Gasteiger partial charge in [-0.2, -0.15) is 0 Å². The lowest BCUT2D eigenvalue weighted by Crippen LogP contribution is -2.47. The number of pyridine rings is 1. The van der Waals surface area contributed by atoms with Gasteiger partial charge in [-0.3, -0.25) is 19.3 Å². The first-order valence-corrected chi connectivity index (χ1v) is 9.04. The Morgan fingerprint density at radius 3 is 2.54 bits per heavy atom. The first-order valence-electron chi connectivity index (χ1n) is 7.78. The molecule has 7 nitrogen and oxygen atoms in total. The Bertz CT molecular complexity index is 725. The summed E-state index contributed by atoms with van der Waals surface area (Å²) in [4.78, 5) is 25.4. The van der Waals surface area contributed by atoms with Gasteiger partial charge in [-0.1, -0.05) is 38.3 Å². The highest BCUT2D eigenvalue weighted by atomic mass is 35.5. The van der Waals surface area contributed by atoms with E-state index in [1.807, 2.05) is 13.8 Å². The second-order valence-corrected chi connectivity index (χ2v) is 6.74. The summed E-state index contributed by atoms with van der Waals surface area (Å²) in [6.07, 6.45) is 4.18. The van der Waals surface area contributed by atoms with Crippen molar-refractivity contribution in [1.29, 1.82) is 0 Å². The van der Waals surface area contributed by atoms with Gasteiger partial charge in [-0.15, -0.1) is 0 Å². The zero-order valence-corrected chi connectivity index (χ0v) is 15.3. The van der Waals surface area contributed by atoms with E-state index in [1.165, 1.54) is 16.8 Å². The topological polar surface area (TPSA) is 115 Å². The van der Waals surface area contributed by atoms with Crippen LogP contribution in [0, 0.1) is 0 Å². The maximum atomic E-state index is 13.0. The Balaban J connectivity index is 2.67. The molecule has 132 valence electrons. The van der Waals surface area contributed by atoms with Crippen LogP contribution in [0.5, 0.6) is 0 Å². The van der Waals surface area contributed by atoms with Gasteiger partial charge >= 0.3 is 0 Å².